The van der Waals surface area contributed by atoms with Gasteiger partial charge in [-0.2, -0.15) is 0 Å². The van der Waals surface area contributed by atoms with Crippen molar-refractivity contribution in [3.63, 3.8) is 0 Å². The van der Waals surface area contributed by atoms with Crippen LogP contribution >= 0.6 is 0 Å². The van der Waals surface area contributed by atoms with Crippen molar-refractivity contribution >= 4 is 23.0 Å². The van der Waals surface area contributed by atoms with Gasteiger partial charge in [-0.15, -0.1) is 6.58 Å². The number of nitrogens with one attached hydrogen (secondary N) is 2. The summed E-state index contributed by atoms with van der Waals surface area (Å²) in [5.74, 6) is 0.587. The van der Waals surface area contributed by atoms with Crippen LogP contribution in [0.25, 0.3) is 0 Å². The molecule has 1 aliphatic heterocycles. The van der Waals surface area contributed by atoms with E-state index in [1.165, 1.54) is 0 Å². The normalized spacial score (nSPS) is 12.7. The molecule has 134 valence electrons. The Morgan fingerprint density at radius 2 is 1.85 bits per heavy atom. The van der Waals surface area contributed by atoms with Gasteiger partial charge < -0.3 is 15.7 Å². The molecule has 1 aliphatic rings. The number of aliphatic hydroxyl groups excluding tert-OH is 1. The summed E-state index contributed by atoms with van der Waals surface area (Å²) in [7, 11) is 1.00. The molecule has 26 heavy (non-hydrogen) atoms. The average Bonchev–Trinajstić information content (AvgIpc) is 2.94. The Labute approximate surface area is 154 Å². The molecule has 0 aliphatic carbocycles. The molecule has 0 amide bonds. The largest absolute Gasteiger partial charge is 0.400 e. The fourth-order valence-electron chi connectivity index (χ4n) is 2.39. The summed E-state index contributed by atoms with van der Waals surface area (Å²) >= 11 is 0. The summed E-state index contributed by atoms with van der Waals surface area (Å²) in [6, 6.07) is 18.2. The van der Waals surface area contributed by atoms with Crippen molar-refractivity contribution in [2.24, 2.45) is 9.98 Å². The first-order chi connectivity index (χ1) is 12.8. The number of hydrogen-bond acceptors (Lipinski definition) is 5. The molecule has 0 aromatic heterocycles. The van der Waals surface area contributed by atoms with Crippen LogP contribution in [0.1, 0.15) is 12.0 Å². The zero-order chi connectivity index (χ0) is 18.6. The van der Waals surface area contributed by atoms with Crippen molar-refractivity contribution in [3.8, 4) is 0 Å². The molecule has 0 bridgehead atoms. The fraction of sp³-hybridized carbons (Fsp3) is 0.143. The van der Waals surface area contributed by atoms with Crippen molar-refractivity contribution in [1.29, 1.82) is 0 Å². The van der Waals surface area contributed by atoms with Crippen LogP contribution in [0.4, 0.5) is 11.4 Å². The van der Waals surface area contributed by atoms with Crippen molar-refractivity contribution in [2.45, 2.75) is 6.42 Å². The molecule has 3 rings (SSSR count). The van der Waals surface area contributed by atoms with E-state index in [1.54, 1.807) is 6.20 Å². The smallest absolute Gasteiger partial charge is 0.227 e. The highest BCUT2D eigenvalue weighted by Crippen LogP contribution is 2.16. The van der Waals surface area contributed by atoms with Crippen LogP contribution in [0.2, 0.25) is 0 Å². The van der Waals surface area contributed by atoms with E-state index in [4.69, 9.17) is 5.11 Å². The van der Waals surface area contributed by atoms with E-state index in [-0.39, 0.29) is 0 Å². The molecule has 2 aromatic rings. The first-order valence-corrected chi connectivity index (χ1v) is 8.37. The first kappa shape index (κ1) is 19.1. The van der Waals surface area contributed by atoms with Gasteiger partial charge in [-0.3, -0.25) is 0 Å². The SMILES string of the molecule is C=CCNc1cccc(NC2=NC=CCC(c3ccccc3)=N2)c1.CO. The van der Waals surface area contributed by atoms with Crippen LogP contribution in [0.15, 0.2) is 89.5 Å². The maximum absolute atomic E-state index is 7.00. The lowest BCUT2D eigenvalue weighted by molar-refractivity contribution is 0.399. The molecule has 0 fully saturated rings. The van der Waals surface area contributed by atoms with Gasteiger partial charge in [0.2, 0.25) is 5.96 Å². The van der Waals surface area contributed by atoms with E-state index >= 15 is 0 Å². The Balaban J connectivity index is 0.00000117. The van der Waals surface area contributed by atoms with Gasteiger partial charge in [0.25, 0.3) is 0 Å². The van der Waals surface area contributed by atoms with Crippen molar-refractivity contribution in [1.82, 2.24) is 0 Å². The molecule has 2 aromatic carbocycles. The lowest BCUT2D eigenvalue weighted by Crippen LogP contribution is -2.12. The topological polar surface area (TPSA) is 69.0 Å². The van der Waals surface area contributed by atoms with Gasteiger partial charge >= 0.3 is 0 Å². The second-order valence-corrected chi connectivity index (χ2v) is 5.34. The third-order valence-electron chi connectivity index (χ3n) is 3.53. The van der Waals surface area contributed by atoms with E-state index in [2.05, 4.69) is 39.3 Å². The zero-order valence-corrected chi connectivity index (χ0v) is 14.9. The highest BCUT2D eigenvalue weighted by Gasteiger charge is 2.07. The highest BCUT2D eigenvalue weighted by atomic mass is 16.2. The predicted molar refractivity (Wildman–Crippen MR) is 111 cm³/mol. The molecular weight excluding hydrogens is 324 g/mol. The van der Waals surface area contributed by atoms with E-state index in [1.807, 2.05) is 54.6 Å². The fourth-order valence-corrected chi connectivity index (χ4v) is 2.39. The minimum absolute atomic E-state index is 0.587. The molecule has 5 nitrogen and oxygen atoms in total. The molecule has 0 unspecified atom stereocenters. The van der Waals surface area contributed by atoms with E-state index < -0.39 is 0 Å². The summed E-state index contributed by atoms with van der Waals surface area (Å²) < 4.78 is 0. The van der Waals surface area contributed by atoms with Gasteiger partial charge in [0.05, 0.1) is 5.71 Å². The van der Waals surface area contributed by atoms with Crippen LogP contribution in [0, 0.1) is 0 Å². The zero-order valence-electron chi connectivity index (χ0n) is 14.9. The number of nitrogens with zero attached hydrogens (tertiary/aromatic N) is 2. The molecule has 0 saturated heterocycles. The average molecular weight is 348 g/mol. The van der Waals surface area contributed by atoms with Gasteiger partial charge in [0, 0.05) is 37.7 Å². The number of guanidine groups is 1. The molecule has 0 radical (unpaired) electrons. The van der Waals surface area contributed by atoms with Crippen molar-refractivity contribution < 1.29 is 5.11 Å². The van der Waals surface area contributed by atoms with Crippen LogP contribution in [-0.2, 0) is 0 Å². The number of aliphatic hydroxyl groups is 1. The predicted octanol–water partition coefficient (Wildman–Crippen LogP) is 4.07. The molecule has 3 N–H and O–H groups in total. The second kappa shape index (κ2) is 10.6. The van der Waals surface area contributed by atoms with E-state index in [0.717, 1.165) is 42.7 Å². The van der Waals surface area contributed by atoms with E-state index in [9.17, 15) is 0 Å². The minimum atomic E-state index is 0.587. The third kappa shape index (κ3) is 5.72. The number of aliphatic imine (C=N–C) groups is 2. The van der Waals surface area contributed by atoms with Crippen LogP contribution < -0.4 is 10.6 Å². The standard InChI is InChI=1S/C20H20N4.CH4O/c1-2-13-21-17-10-6-11-18(15-17)23-20-22-14-7-12-19(24-20)16-8-4-3-5-9-16;1-2/h2-11,14-15,21H,1,12-13H2,(H,22,23);2H,1H3. The van der Waals surface area contributed by atoms with Gasteiger partial charge in [0.15, 0.2) is 0 Å². The van der Waals surface area contributed by atoms with Gasteiger partial charge in [0.1, 0.15) is 0 Å². The summed E-state index contributed by atoms with van der Waals surface area (Å²) in [6.07, 6.45) is 6.40. The van der Waals surface area contributed by atoms with Crippen LogP contribution in [0.3, 0.4) is 0 Å². The summed E-state index contributed by atoms with van der Waals surface area (Å²) in [5.41, 5.74) is 4.07. The lowest BCUT2D eigenvalue weighted by atomic mass is 10.1. The van der Waals surface area contributed by atoms with Crippen molar-refractivity contribution in [2.75, 3.05) is 24.3 Å². The Morgan fingerprint density at radius 3 is 2.62 bits per heavy atom. The molecule has 0 atom stereocenters. The molecular formula is C21H24N4O. The summed E-state index contributed by atoms with van der Waals surface area (Å²) in [6.45, 7) is 4.44. The Hall–Kier alpha value is -3.18. The van der Waals surface area contributed by atoms with Gasteiger partial charge in [-0.1, -0.05) is 48.6 Å². The summed E-state index contributed by atoms with van der Waals surface area (Å²) in [5, 5.41) is 13.6. The van der Waals surface area contributed by atoms with Gasteiger partial charge in [-0.05, 0) is 23.8 Å². The number of allylic oxidation sites excluding steroid dienone is 1. The highest BCUT2D eigenvalue weighted by molar-refractivity contribution is 6.11. The Bertz CT molecular complexity index is 795. The molecule has 0 spiro atoms. The maximum Gasteiger partial charge on any atom is 0.227 e. The van der Waals surface area contributed by atoms with Crippen LogP contribution in [-0.4, -0.2) is 30.4 Å². The minimum Gasteiger partial charge on any atom is -0.400 e. The monoisotopic (exact) mass is 348 g/mol. The molecule has 1 heterocycles. The van der Waals surface area contributed by atoms with Gasteiger partial charge in [-0.25, -0.2) is 9.98 Å². The first-order valence-electron chi connectivity index (χ1n) is 8.37. The number of benzene rings is 2. The number of anilines is 2. The molecule has 0 saturated carbocycles. The Kier molecular flexibility index (Phi) is 7.83. The summed E-state index contributed by atoms with van der Waals surface area (Å²) in [4.78, 5) is 9.08. The number of hydrogen-bond donors (Lipinski definition) is 3. The lowest BCUT2D eigenvalue weighted by Gasteiger charge is -2.09. The van der Waals surface area contributed by atoms with Crippen molar-refractivity contribution in [3.05, 3.63) is 85.1 Å². The third-order valence-corrected chi connectivity index (χ3v) is 3.53. The van der Waals surface area contributed by atoms with Crippen LogP contribution in [0.5, 0.6) is 0 Å². The quantitative estimate of drug-likeness (QED) is 0.714. The van der Waals surface area contributed by atoms with E-state index in [0.29, 0.717) is 5.96 Å². The Morgan fingerprint density at radius 1 is 1.08 bits per heavy atom. The number of rotatable bonds is 5. The molecule has 5 heteroatoms. The second-order valence-electron chi connectivity index (χ2n) is 5.34. The maximum atomic E-state index is 7.00.